The Kier molecular flexibility index (Phi) is 3.60. The lowest BCUT2D eigenvalue weighted by molar-refractivity contribution is 0.109. The summed E-state index contributed by atoms with van der Waals surface area (Å²) in [4.78, 5) is 0. The SMILES string of the molecule is CC(C)(C)CC(C)(C)C1CCCC2OC2CC1. The highest BCUT2D eigenvalue weighted by Gasteiger charge is 2.42. The molecule has 0 spiro atoms. The van der Waals surface area contributed by atoms with Gasteiger partial charge in [-0.15, -0.1) is 0 Å². The summed E-state index contributed by atoms with van der Waals surface area (Å²) >= 11 is 0. The number of hydrogen-bond donors (Lipinski definition) is 0. The fourth-order valence-corrected chi connectivity index (χ4v) is 4.05. The number of hydrogen-bond acceptors (Lipinski definition) is 1. The molecule has 1 aliphatic heterocycles. The maximum Gasteiger partial charge on any atom is 0.0842 e. The molecule has 1 heterocycles. The highest BCUT2D eigenvalue weighted by atomic mass is 16.6. The van der Waals surface area contributed by atoms with Gasteiger partial charge in [0.1, 0.15) is 0 Å². The number of fused-ring (bicyclic) bond motifs is 1. The van der Waals surface area contributed by atoms with E-state index in [1.165, 1.54) is 38.5 Å². The summed E-state index contributed by atoms with van der Waals surface area (Å²) in [5.74, 6) is 0.895. The third-order valence-corrected chi connectivity index (χ3v) is 4.62. The minimum absolute atomic E-state index is 0.449. The van der Waals surface area contributed by atoms with Crippen molar-refractivity contribution in [2.75, 3.05) is 0 Å². The predicted octanol–water partition coefficient (Wildman–Crippen LogP) is 4.80. The van der Waals surface area contributed by atoms with E-state index in [9.17, 15) is 0 Å². The number of ether oxygens (including phenoxy) is 1. The second-order valence-corrected chi connectivity index (χ2v) is 8.14. The van der Waals surface area contributed by atoms with Crippen molar-refractivity contribution in [1.29, 1.82) is 0 Å². The Bertz CT molecular complexity index is 261. The maximum atomic E-state index is 5.70. The van der Waals surface area contributed by atoms with Gasteiger partial charge in [-0.25, -0.2) is 0 Å². The lowest BCUT2D eigenvalue weighted by atomic mass is 9.65. The van der Waals surface area contributed by atoms with Crippen molar-refractivity contribution >= 4 is 0 Å². The van der Waals surface area contributed by atoms with Crippen molar-refractivity contribution in [3.63, 3.8) is 0 Å². The molecule has 0 radical (unpaired) electrons. The second kappa shape index (κ2) is 4.57. The van der Waals surface area contributed by atoms with Crippen molar-refractivity contribution in [2.24, 2.45) is 16.7 Å². The monoisotopic (exact) mass is 238 g/mol. The summed E-state index contributed by atoms with van der Waals surface area (Å²) in [6, 6.07) is 0. The predicted molar refractivity (Wildman–Crippen MR) is 73.1 cm³/mol. The van der Waals surface area contributed by atoms with Gasteiger partial charge in [-0.1, -0.05) is 41.0 Å². The average molecular weight is 238 g/mol. The van der Waals surface area contributed by atoms with Crippen LogP contribution in [0.25, 0.3) is 0 Å². The van der Waals surface area contributed by atoms with E-state index in [2.05, 4.69) is 34.6 Å². The van der Waals surface area contributed by atoms with Crippen LogP contribution in [-0.2, 0) is 4.74 Å². The molecule has 1 saturated heterocycles. The molecule has 3 atom stereocenters. The Labute approximate surface area is 107 Å². The maximum absolute atomic E-state index is 5.70. The van der Waals surface area contributed by atoms with Crippen molar-refractivity contribution in [3.05, 3.63) is 0 Å². The molecule has 0 aromatic carbocycles. The number of rotatable bonds is 2. The molecule has 3 unspecified atom stereocenters. The smallest absolute Gasteiger partial charge is 0.0842 e. The molecule has 1 heteroatoms. The van der Waals surface area contributed by atoms with Gasteiger partial charge in [0.2, 0.25) is 0 Å². The molecule has 1 nitrogen and oxygen atoms in total. The van der Waals surface area contributed by atoms with E-state index < -0.39 is 0 Å². The van der Waals surface area contributed by atoms with Crippen LogP contribution in [0.1, 0.15) is 73.1 Å². The Hall–Kier alpha value is -0.0400. The Morgan fingerprint density at radius 2 is 1.53 bits per heavy atom. The fraction of sp³-hybridized carbons (Fsp3) is 1.00. The van der Waals surface area contributed by atoms with Gasteiger partial charge in [0, 0.05) is 0 Å². The van der Waals surface area contributed by atoms with E-state index in [1.807, 2.05) is 0 Å². The molecule has 1 saturated carbocycles. The van der Waals surface area contributed by atoms with Crippen LogP contribution in [0, 0.1) is 16.7 Å². The van der Waals surface area contributed by atoms with E-state index in [-0.39, 0.29) is 0 Å². The van der Waals surface area contributed by atoms with Crippen molar-refractivity contribution in [1.82, 2.24) is 0 Å². The van der Waals surface area contributed by atoms with Gasteiger partial charge in [-0.2, -0.15) is 0 Å². The molecule has 1 aliphatic carbocycles. The van der Waals surface area contributed by atoms with Crippen LogP contribution >= 0.6 is 0 Å². The standard InChI is InChI=1S/C16H30O/c1-15(2,3)11-16(4,5)12-7-6-8-13-14(17-13)10-9-12/h12-14H,6-11H2,1-5H3. The summed E-state index contributed by atoms with van der Waals surface area (Å²) in [6.45, 7) is 12.1. The highest BCUT2D eigenvalue weighted by molar-refractivity contribution is 4.91. The summed E-state index contributed by atoms with van der Waals surface area (Å²) in [5, 5.41) is 0. The second-order valence-electron chi connectivity index (χ2n) is 8.14. The Morgan fingerprint density at radius 3 is 2.18 bits per heavy atom. The van der Waals surface area contributed by atoms with Gasteiger partial charge in [-0.3, -0.25) is 0 Å². The van der Waals surface area contributed by atoms with E-state index >= 15 is 0 Å². The fourth-order valence-electron chi connectivity index (χ4n) is 4.05. The van der Waals surface area contributed by atoms with Crippen molar-refractivity contribution in [3.8, 4) is 0 Å². The van der Waals surface area contributed by atoms with Gasteiger partial charge in [0.15, 0.2) is 0 Å². The third kappa shape index (κ3) is 3.71. The zero-order chi connectivity index (χ0) is 12.7. The van der Waals surface area contributed by atoms with Crippen LogP contribution in [-0.4, -0.2) is 12.2 Å². The summed E-state index contributed by atoms with van der Waals surface area (Å²) in [5.41, 5.74) is 0.935. The molecule has 0 aromatic heterocycles. The molecule has 2 fully saturated rings. The first-order chi connectivity index (χ1) is 7.78. The lowest BCUT2D eigenvalue weighted by Gasteiger charge is -2.40. The molecule has 100 valence electrons. The zero-order valence-electron chi connectivity index (χ0n) is 12.4. The summed E-state index contributed by atoms with van der Waals surface area (Å²) in [6.07, 6.45) is 9.39. The Morgan fingerprint density at radius 1 is 0.882 bits per heavy atom. The summed E-state index contributed by atoms with van der Waals surface area (Å²) < 4.78 is 5.70. The highest BCUT2D eigenvalue weighted by Crippen LogP contribution is 2.46. The topological polar surface area (TPSA) is 12.5 Å². The van der Waals surface area contributed by atoms with Gasteiger partial charge in [0.25, 0.3) is 0 Å². The zero-order valence-corrected chi connectivity index (χ0v) is 12.4. The largest absolute Gasteiger partial charge is 0.370 e. The van der Waals surface area contributed by atoms with Crippen molar-refractivity contribution in [2.45, 2.75) is 85.4 Å². The minimum atomic E-state index is 0.449. The van der Waals surface area contributed by atoms with Gasteiger partial charge < -0.3 is 4.74 Å². The van der Waals surface area contributed by atoms with E-state index in [0.717, 1.165) is 5.92 Å². The Balaban J connectivity index is 1.93. The van der Waals surface area contributed by atoms with Crippen LogP contribution < -0.4 is 0 Å². The molecule has 0 amide bonds. The van der Waals surface area contributed by atoms with Crippen molar-refractivity contribution < 1.29 is 4.74 Å². The minimum Gasteiger partial charge on any atom is -0.370 e. The molecule has 0 N–H and O–H groups in total. The first-order valence-electron chi connectivity index (χ1n) is 7.43. The van der Waals surface area contributed by atoms with Crippen LogP contribution in [0.3, 0.4) is 0 Å². The number of epoxide rings is 1. The normalized spacial score (nSPS) is 34.8. The van der Waals surface area contributed by atoms with Gasteiger partial charge in [-0.05, 0) is 48.9 Å². The van der Waals surface area contributed by atoms with Crippen LogP contribution in [0.2, 0.25) is 0 Å². The summed E-state index contributed by atoms with van der Waals surface area (Å²) in [7, 11) is 0. The first-order valence-corrected chi connectivity index (χ1v) is 7.43. The molecular formula is C16H30O. The molecule has 17 heavy (non-hydrogen) atoms. The van der Waals surface area contributed by atoms with Crippen LogP contribution in [0.4, 0.5) is 0 Å². The van der Waals surface area contributed by atoms with Crippen LogP contribution in [0.15, 0.2) is 0 Å². The quantitative estimate of drug-likeness (QED) is 0.630. The average Bonchev–Trinajstić information content (AvgIpc) is 2.77. The van der Waals surface area contributed by atoms with Gasteiger partial charge in [0.05, 0.1) is 12.2 Å². The van der Waals surface area contributed by atoms with Gasteiger partial charge >= 0.3 is 0 Å². The third-order valence-electron chi connectivity index (χ3n) is 4.62. The van der Waals surface area contributed by atoms with E-state index in [0.29, 0.717) is 23.0 Å². The molecular weight excluding hydrogens is 208 g/mol. The lowest BCUT2D eigenvalue weighted by Crippen LogP contribution is -2.30. The molecule has 0 aromatic rings. The first kappa shape index (κ1) is 13.4. The molecule has 2 rings (SSSR count). The molecule has 0 bridgehead atoms. The van der Waals surface area contributed by atoms with E-state index in [4.69, 9.17) is 4.74 Å². The van der Waals surface area contributed by atoms with E-state index in [1.54, 1.807) is 0 Å². The molecule has 2 aliphatic rings. The van der Waals surface area contributed by atoms with Crippen LogP contribution in [0.5, 0.6) is 0 Å².